The maximum atomic E-state index is 13.5. The van der Waals surface area contributed by atoms with E-state index in [1.54, 1.807) is 12.1 Å². The van der Waals surface area contributed by atoms with Crippen molar-refractivity contribution in [1.82, 2.24) is 10.2 Å². The van der Waals surface area contributed by atoms with Gasteiger partial charge in [-0.2, -0.15) is 0 Å². The second-order valence-corrected chi connectivity index (χ2v) is 8.19. The topological polar surface area (TPSA) is 106 Å². The number of hydrogen-bond donors (Lipinski definition) is 1. The normalized spacial score (nSPS) is 16.8. The Kier molecular flexibility index (Phi) is 6.76. The first kappa shape index (κ1) is 23.6. The number of fused-ring (bicyclic) bond motifs is 1. The summed E-state index contributed by atoms with van der Waals surface area (Å²) in [5.74, 6) is -2.66. The second kappa shape index (κ2) is 9.74. The third kappa shape index (κ3) is 4.57. The van der Waals surface area contributed by atoms with Crippen LogP contribution in [0.5, 0.6) is 0 Å². The molecule has 1 fully saturated rings. The lowest BCUT2D eigenvalue weighted by Crippen LogP contribution is -2.56. The molecule has 34 heavy (non-hydrogen) atoms. The summed E-state index contributed by atoms with van der Waals surface area (Å²) in [6.45, 7) is 0.740. The van der Waals surface area contributed by atoms with Crippen LogP contribution < -0.4 is 10.9 Å². The molecule has 1 aliphatic rings. The Bertz CT molecular complexity index is 1340. The predicted molar refractivity (Wildman–Crippen MR) is 122 cm³/mol. The van der Waals surface area contributed by atoms with Gasteiger partial charge in [0.15, 0.2) is 0 Å². The molecule has 8 nitrogen and oxygen atoms in total. The zero-order chi connectivity index (χ0) is 24.4. The molecule has 0 bridgehead atoms. The number of carbonyl (C=O) groups excluding carboxylic acids is 3. The number of benzene rings is 2. The van der Waals surface area contributed by atoms with Gasteiger partial charge in [0.25, 0.3) is 0 Å². The van der Waals surface area contributed by atoms with Crippen molar-refractivity contribution in [3.8, 4) is 11.1 Å². The largest absolute Gasteiger partial charge is 0.468 e. The van der Waals surface area contributed by atoms with Crippen LogP contribution in [-0.2, 0) is 19.1 Å². The molecule has 4 rings (SSSR count). The number of carbonyl (C=O) groups is 3. The van der Waals surface area contributed by atoms with E-state index in [1.165, 1.54) is 36.3 Å². The molecular formula is C24H20ClFN2O6. The Hall–Kier alpha value is -3.56. The molecule has 0 radical (unpaired) electrons. The van der Waals surface area contributed by atoms with Crippen LogP contribution in [0.3, 0.4) is 0 Å². The second-order valence-electron chi connectivity index (χ2n) is 7.79. The molecular weight excluding hydrogens is 467 g/mol. The Morgan fingerprint density at radius 2 is 2.03 bits per heavy atom. The summed E-state index contributed by atoms with van der Waals surface area (Å²) in [6, 6.07) is 9.04. The van der Waals surface area contributed by atoms with E-state index in [1.807, 2.05) is 0 Å². The van der Waals surface area contributed by atoms with Crippen molar-refractivity contribution in [1.29, 1.82) is 0 Å². The van der Waals surface area contributed by atoms with Gasteiger partial charge in [-0.1, -0.05) is 23.7 Å². The monoisotopic (exact) mass is 486 g/mol. The summed E-state index contributed by atoms with van der Waals surface area (Å²) in [4.78, 5) is 50.6. The molecule has 1 aromatic heterocycles. The number of nitrogens with one attached hydrogen (secondary N) is 1. The van der Waals surface area contributed by atoms with Gasteiger partial charge in [0.2, 0.25) is 5.91 Å². The van der Waals surface area contributed by atoms with Crippen LogP contribution in [-0.4, -0.2) is 55.8 Å². The van der Waals surface area contributed by atoms with Crippen molar-refractivity contribution in [3.63, 3.8) is 0 Å². The molecule has 1 N–H and O–H groups in total. The average Bonchev–Trinajstić information content (AvgIpc) is 2.83. The maximum Gasteiger partial charge on any atom is 0.336 e. The van der Waals surface area contributed by atoms with Crippen molar-refractivity contribution in [2.75, 3.05) is 26.7 Å². The number of ether oxygens (including phenoxy) is 1. The number of esters is 1. The smallest absolute Gasteiger partial charge is 0.336 e. The van der Waals surface area contributed by atoms with Gasteiger partial charge < -0.3 is 24.2 Å². The molecule has 0 saturated carbocycles. The molecule has 10 heteroatoms. The minimum atomic E-state index is -1.16. The van der Waals surface area contributed by atoms with E-state index in [0.717, 1.165) is 6.07 Å². The van der Waals surface area contributed by atoms with Gasteiger partial charge in [-0.3, -0.25) is 9.59 Å². The highest BCUT2D eigenvalue weighted by Crippen LogP contribution is 2.34. The first-order valence-electron chi connectivity index (χ1n) is 10.4. The first-order valence-corrected chi connectivity index (χ1v) is 10.8. The zero-order valence-corrected chi connectivity index (χ0v) is 18.8. The van der Waals surface area contributed by atoms with Crippen molar-refractivity contribution in [3.05, 3.63) is 69.3 Å². The number of amides is 1. The van der Waals surface area contributed by atoms with E-state index in [-0.39, 0.29) is 17.2 Å². The number of hydrogen-bond acceptors (Lipinski definition) is 7. The van der Waals surface area contributed by atoms with Crippen LogP contribution in [0.2, 0.25) is 5.02 Å². The van der Waals surface area contributed by atoms with E-state index in [0.29, 0.717) is 41.5 Å². The minimum absolute atomic E-state index is 0.0612. The molecule has 1 unspecified atom stereocenters. The Morgan fingerprint density at radius 1 is 1.24 bits per heavy atom. The predicted octanol–water partition coefficient (Wildman–Crippen LogP) is 2.51. The standard InChI is InChI=1S/C24H20ClFN2O6/c1-33-24(32)20-11-28(7-6-27-20)23(31)18(12-29)13-2-4-16-17(10-22(30)34-21(16)8-13)15-5-3-14(26)9-19(15)25/h2-5,8-10,12,18,20,27H,6-7,11H2,1H3/t18?,20-/m1/s1. The summed E-state index contributed by atoms with van der Waals surface area (Å²) in [6.07, 6.45) is 0.511. The molecule has 0 aliphatic carbocycles. The number of halogens is 2. The zero-order valence-electron chi connectivity index (χ0n) is 18.0. The summed E-state index contributed by atoms with van der Waals surface area (Å²) in [5.41, 5.74) is 0.669. The van der Waals surface area contributed by atoms with E-state index >= 15 is 0 Å². The molecule has 2 aromatic carbocycles. The lowest BCUT2D eigenvalue weighted by Gasteiger charge is -2.33. The van der Waals surface area contributed by atoms with Gasteiger partial charge in [-0.25, -0.2) is 9.18 Å². The molecule has 2 atom stereocenters. The van der Waals surface area contributed by atoms with Gasteiger partial charge in [-0.05, 0) is 29.8 Å². The van der Waals surface area contributed by atoms with Crippen LogP contribution in [0, 0.1) is 5.82 Å². The van der Waals surface area contributed by atoms with E-state index in [4.69, 9.17) is 20.8 Å². The first-order chi connectivity index (χ1) is 16.3. The fourth-order valence-corrected chi connectivity index (χ4v) is 4.30. The molecule has 3 aromatic rings. The Morgan fingerprint density at radius 3 is 2.74 bits per heavy atom. The van der Waals surface area contributed by atoms with Gasteiger partial charge in [-0.15, -0.1) is 0 Å². The highest BCUT2D eigenvalue weighted by molar-refractivity contribution is 6.33. The van der Waals surface area contributed by atoms with Gasteiger partial charge in [0, 0.05) is 42.2 Å². The van der Waals surface area contributed by atoms with Gasteiger partial charge in [0.1, 0.15) is 29.6 Å². The molecule has 1 aliphatic heterocycles. The number of rotatable bonds is 5. The third-order valence-electron chi connectivity index (χ3n) is 5.72. The molecule has 0 spiro atoms. The molecule has 176 valence electrons. The summed E-state index contributed by atoms with van der Waals surface area (Å²) in [7, 11) is 1.26. The summed E-state index contributed by atoms with van der Waals surface area (Å²) < 4.78 is 23.5. The van der Waals surface area contributed by atoms with Crippen LogP contribution in [0.15, 0.2) is 51.7 Å². The summed E-state index contributed by atoms with van der Waals surface area (Å²) in [5, 5.41) is 3.59. The number of nitrogens with zero attached hydrogens (tertiary/aromatic N) is 1. The Balaban J connectivity index is 1.70. The maximum absolute atomic E-state index is 13.5. The Labute approximate surface area is 198 Å². The van der Waals surface area contributed by atoms with Crippen molar-refractivity contribution in [2.24, 2.45) is 0 Å². The minimum Gasteiger partial charge on any atom is -0.468 e. The van der Waals surface area contributed by atoms with Crippen LogP contribution in [0.25, 0.3) is 22.1 Å². The van der Waals surface area contributed by atoms with E-state index in [2.05, 4.69) is 5.32 Å². The summed E-state index contributed by atoms with van der Waals surface area (Å²) >= 11 is 6.19. The van der Waals surface area contributed by atoms with E-state index < -0.39 is 35.3 Å². The fraction of sp³-hybridized carbons (Fsp3) is 0.250. The molecule has 1 saturated heterocycles. The highest BCUT2D eigenvalue weighted by Gasteiger charge is 2.33. The number of aldehydes is 1. The lowest BCUT2D eigenvalue weighted by atomic mass is 9.95. The van der Waals surface area contributed by atoms with E-state index in [9.17, 15) is 23.6 Å². The molecule has 1 amide bonds. The SMILES string of the molecule is COC(=O)[C@H]1CN(C(=O)C(C=O)c2ccc3c(-c4ccc(F)cc4Cl)cc(=O)oc3c2)CCN1. The van der Waals surface area contributed by atoms with Gasteiger partial charge >= 0.3 is 11.6 Å². The lowest BCUT2D eigenvalue weighted by molar-refractivity contribution is -0.146. The van der Waals surface area contributed by atoms with Crippen LogP contribution in [0.4, 0.5) is 4.39 Å². The molecule has 2 heterocycles. The van der Waals surface area contributed by atoms with Crippen molar-refractivity contribution in [2.45, 2.75) is 12.0 Å². The third-order valence-corrected chi connectivity index (χ3v) is 6.04. The highest BCUT2D eigenvalue weighted by atomic mass is 35.5. The quantitative estimate of drug-likeness (QED) is 0.255. The fourth-order valence-electron chi connectivity index (χ4n) is 4.03. The van der Waals surface area contributed by atoms with Crippen LogP contribution in [0.1, 0.15) is 11.5 Å². The number of methoxy groups -OCH3 is 1. The average molecular weight is 487 g/mol. The van der Waals surface area contributed by atoms with Crippen molar-refractivity contribution >= 4 is 40.7 Å². The van der Waals surface area contributed by atoms with Crippen LogP contribution >= 0.6 is 11.6 Å². The van der Waals surface area contributed by atoms with Crippen molar-refractivity contribution < 1.29 is 27.9 Å². The van der Waals surface area contributed by atoms with Gasteiger partial charge in [0.05, 0.1) is 12.1 Å². The number of piperazine rings is 1.